The molecular formula is C22H31N5O4. The summed E-state index contributed by atoms with van der Waals surface area (Å²) in [5.41, 5.74) is 1.29. The molecular weight excluding hydrogens is 398 g/mol. The number of aromatic nitrogens is 3. The topological polar surface area (TPSA) is 97.9 Å². The van der Waals surface area contributed by atoms with E-state index in [1.165, 1.54) is 4.52 Å². The van der Waals surface area contributed by atoms with Crippen LogP contribution in [0.5, 0.6) is 0 Å². The minimum Gasteiger partial charge on any atom is -0.376 e. The fourth-order valence-corrected chi connectivity index (χ4v) is 4.16. The van der Waals surface area contributed by atoms with Crippen molar-refractivity contribution in [1.82, 2.24) is 24.4 Å². The van der Waals surface area contributed by atoms with Crippen molar-refractivity contribution in [3.8, 4) is 0 Å². The quantitative estimate of drug-likeness (QED) is 0.776. The smallest absolute Gasteiger partial charge is 0.280 e. The molecule has 9 nitrogen and oxygen atoms in total. The van der Waals surface area contributed by atoms with Gasteiger partial charge in [0.2, 0.25) is 5.91 Å². The zero-order valence-corrected chi connectivity index (χ0v) is 18.9. The average molecular weight is 430 g/mol. The molecule has 0 radical (unpaired) electrons. The van der Waals surface area contributed by atoms with Crippen molar-refractivity contribution in [3.05, 3.63) is 33.4 Å². The van der Waals surface area contributed by atoms with Gasteiger partial charge in [-0.05, 0) is 26.7 Å². The summed E-state index contributed by atoms with van der Waals surface area (Å²) in [4.78, 5) is 40.8. The molecule has 0 bridgehead atoms. The number of nitrogens with zero attached hydrogens (tertiary/aromatic N) is 4. The molecule has 4 rings (SSSR count). The zero-order valence-electron chi connectivity index (χ0n) is 18.9. The van der Waals surface area contributed by atoms with E-state index in [4.69, 9.17) is 4.74 Å². The summed E-state index contributed by atoms with van der Waals surface area (Å²) in [6.07, 6.45) is 1.96. The number of ether oxygens (including phenoxy) is 1. The number of carbonyl (C=O) groups is 2. The molecule has 1 fully saturated rings. The molecule has 2 aromatic rings. The van der Waals surface area contributed by atoms with Crippen LogP contribution in [0.3, 0.4) is 0 Å². The normalized spacial score (nSPS) is 19.0. The molecule has 0 aromatic carbocycles. The van der Waals surface area contributed by atoms with Crippen molar-refractivity contribution in [1.29, 1.82) is 0 Å². The first kappa shape index (κ1) is 21.5. The Hall–Kier alpha value is -2.68. The highest BCUT2D eigenvalue weighted by Crippen LogP contribution is 2.27. The minimum atomic E-state index is -0.298. The summed E-state index contributed by atoms with van der Waals surface area (Å²) < 4.78 is 8.56. The van der Waals surface area contributed by atoms with E-state index in [-0.39, 0.29) is 48.0 Å². The highest BCUT2D eigenvalue weighted by atomic mass is 16.5. The Kier molecular flexibility index (Phi) is 5.41. The van der Waals surface area contributed by atoms with Crippen LogP contribution < -0.4 is 10.9 Å². The molecule has 2 aromatic heterocycles. The standard InChI is InChI=1S/C22H31N5O4/c1-13(2)25-11-15-19(21(25)30)26(12-17(28)23-10-14-7-6-8-31-14)18-9-16(22(3,4)5)24-27(18)20(15)29/h9,13-14H,6-8,10-12H2,1-5H3,(H,23,28)/t14-/m1/s1. The predicted molar refractivity (Wildman–Crippen MR) is 115 cm³/mol. The van der Waals surface area contributed by atoms with Gasteiger partial charge in [-0.25, -0.2) is 0 Å². The van der Waals surface area contributed by atoms with Gasteiger partial charge in [0, 0.05) is 30.7 Å². The second-order valence-electron chi connectivity index (χ2n) is 9.73. The Balaban J connectivity index is 1.77. The van der Waals surface area contributed by atoms with Crippen molar-refractivity contribution in [2.75, 3.05) is 13.2 Å². The number of rotatable bonds is 5. The molecule has 31 heavy (non-hydrogen) atoms. The summed E-state index contributed by atoms with van der Waals surface area (Å²) in [5.74, 6) is -0.451. The van der Waals surface area contributed by atoms with Crippen molar-refractivity contribution >= 4 is 17.5 Å². The number of carbonyl (C=O) groups excluding carboxylic acids is 2. The molecule has 4 heterocycles. The summed E-state index contributed by atoms with van der Waals surface area (Å²) >= 11 is 0. The molecule has 1 atom stereocenters. The van der Waals surface area contributed by atoms with Crippen LogP contribution in [0, 0.1) is 0 Å². The van der Waals surface area contributed by atoms with Crippen LogP contribution in [0.1, 0.15) is 69.2 Å². The van der Waals surface area contributed by atoms with Crippen LogP contribution in [-0.4, -0.2) is 56.2 Å². The number of hydrogen-bond acceptors (Lipinski definition) is 5. The molecule has 168 valence electrons. The van der Waals surface area contributed by atoms with Crippen LogP contribution in [0.15, 0.2) is 10.9 Å². The van der Waals surface area contributed by atoms with E-state index in [9.17, 15) is 14.4 Å². The lowest BCUT2D eigenvalue weighted by molar-refractivity contribution is -0.122. The van der Waals surface area contributed by atoms with Gasteiger partial charge < -0.3 is 19.5 Å². The number of nitrogens with one attached hydrogen (secondary N) is 1. The van der Waals surface area contributed by atoms with E-state index in [0.29, 0.717) is 23.4 Å². The first-order valence-corrected chi connectivity index (χ1v) is 10.9. The fraction of sp³-hybridized carbons (Fsp3) is 0.636. The fourth-order valence-electron chi connectivity index (χ4n) is 4.16. The number of fused-ring (bicyclic) bond motifs is 2. The second-order valence-corrected chi connectivity index (χ2v) is 9.73. The number of amides is 2. The molecule has 2 aliphatic heterocycles. The Morgan fingerprint density at radius 1 is 1.32 bits per heavy atom. The summed E-state index contributed by atoms with van der Waals surface area (Å²) in [7, 11) is 0. The average Bonchev–Trinajstić information content (AvgIpc) is 3.41. The lowest BCUT2D eigenvalue weighted by Gasteiger charge is -2.20. The SMILES string of the molecule is CC(C)N1Cc2c(n(CC(=O)NC[C@H]3CCCO3)c3cc(C(C)(C)C)nn3c2=O)C1=O. The maximum atomic E-state index is 13.2. The van der Waals surface area contributed by atoms with Crippen molar-refractivity contribution in [3.63, 3.8) is 0 Å². The Labute approximate surface area is 181 Å². The van der Waals surface area contributed by atoms with Gasteiger partial charge in [0.05, 0.1) is 23.9 Å². The maximum Gasteiger partial charge on any atom is 0.280 e. The molecule has 0 unspecified atom stereocenters. The summed E-state index contributed by atoms with van der Waals surface area (Å²) in [6.45, 7) is 11.2. The van der Waals surface area contributed by atoms with Crippen LogP contribution in [0.2, 0.25) is 0 Å². The molecule has 1 N–H and O–H groups in total. The molecule has 0 aliphatic carbocycles. The predicted octanol–water partition coefficient (Wildman–Crippen LogP) is 1.45. The molecule has 2 aliphatic rings. The third kappa shape index (κ3) is 3.86. The van der Waals surface area contributed by atoms with Gasteiger partial charge in [0.1, 0.15) is 17.9 Å². The van der Waals surface area contributed by atoms with Gasteiger partial charge in [0.25, 0.3) is 11.5 Å². The third-order valence-corrected chi connectivity index (χ3v) is 6.01. The van der Waals surface area contributed by atoms with Crippen molar-refractivity contribution in [2.24, 2.45) is 0 Å². The van der Waals surface area contributed by atoms with E-state index >= 15 is 0 Å². The van der Waals surface area contributed by atoms with Crippen LogP contribution in [0.4, 0.5) is 0 Å². The van der Waals surface area contributed by atoms with Gasteiger partial charge >= 0.3 is 0 Å². The van der Waals surface area contributed by atoms with Gasteiger partial charge in [-0.3, -0.25) is 14.4 Å². The monoisotopic (exact) mass is 429 g/mol. The Morgan fingerprint density at radius 3 is 2.68 bits per heavy atom. The molecule has 0 spiro atoms. The zero-order chi connectivity index (χ0) is 22.5. The van der Waals surface area contributed by atoms with Crippen molar-refractivity contribution < 1.29 is 14.3 Å². The molecule has 1 saturated heterocycles. The highest BCUT2D eigenvalue weighted by molar-refractivity contribution is 5.98. The van der Waals surface area contributed by atoms with E-state index in [0.717, 1.165) is 25.1 Å². The first-order valence-electron chi connectivity index (χ1n) is 10.9. The third-order valence-electron chi connectivity index (χ3n) is 6.01. The largest absolute Gasteiger partial charge is 0.376 e. The van der Waals surface area contributed by atoms with Crippen LogP contribution in [-0.2, 0) is 28.0 Å². The van der Waals surface area contributed by atoms with Crippen molar-refractivity contribution in [2.45, 2.75) is 78.1 Å². The van der Waals surface area contributed by atoms with Gasteiger partial charge in [-0.2, -0.15) is 9.61 Å². The first-order chi connectivity index (χ1) is 14.6. The van der Waals surface area contributed by atoms with Gasteiger partial charge in [0.15, 0.2) is 0 Å². The van der Waals surface area contributed by atoms with Crippen LogP contribution >= 0.6 is 0 Å². The van der Waals surface area contributed by atoms with E-state index < -0.39 is 0 Å². The minimum absolute atomic E-state index is 0.0317. The van der Waals surface area contributed by atoms with Gasteiger partial charge in [-0.1, -0.05) is 20.8 Å². The molecule has 9 heteroatoms. The summed E-state index contributed by atoms with van der Waals surface area (Å²) in [6, 6.07) is 1.75. The van der Waals surface area contributed by atoms with E-state index in [1.807, 2.05) is 34.6 Å². The van der Waals surface area contributed by atoms with Gasteiger partial charge in [-0.15, -0.1) is 0 Å². The highest BCUT2D eigenvalue weighted by Gasteiger charge is 2.36. The van der Waals surface area contributed by atoms with Crippen LogP contribution in [0.25, 0.3) is 5.65 Å². The molecule has 0 saturated carbocycles. The Morgan fingerprint density at radius 2 is 2.06 bits per heavy atom. The summed E-state index contributed by atoms with van der Waals surface area (Å²) in [5, 5.41) is 7.45. The lowest BCUT2D eigenvalue weighted by Crippen LogP contribution is -2.36. The molecule has 2 amide bonds. The maximum absolute atomic E-state index is 13.2. The van der Waals surface area contributed by atoms with E-state index in [2.05, 4.69) is 10.4 Å². The second kappa shape index (κ2) is 7.78. The Bertz CT molecular complexity index is 1090. The van der Waals surface area contributed by atoms with E-state index in [1.54, 1.807) is 15.5 Å². The number of hydrogen-bond donors (Lipinski definition) is 1. The lowest BCUT2D eigenvalue weighted by atomic mass is 9.93.